The normalized spacial score (nSPS) is 11.7. The van der Waals surface area contributed by atoms with Gasteiger partial charge < -0.3 is 9.47 Å². The largest absolute Gasteiger partial charge is 0.497 e. The Bertz CT molecular complexity index is 1540. The number of benzene rings is 5. The van der Waals surface area contributed by atoms with Gasteiger partial charge in [-0.1, -0.05) is 117 Å². The summed E-state index contributed by atoms with van der Waals surface area (Å²) < 4.78 is 11.0. The summed E-state index contributed by atoms with van der Waals surface area (Å²) >= 11 is 0. The Labute approximate surface area is 232 Å². The van der Waals surface area contributed by atoms with Gasteiger partial charge in [-0.15, -0.1) is 0 Å². The Morgan fingerprint density at radius 3 is 1.41 bits per heavy atom. The van der Waals surface area contributed by atoms with Crippen LogP contribution in [-0.4, -0.2) is 14.2 Å². The monoisotopic (exact) mass is 510 g/mol. The average molecular weight is 511 g/mol. The van der Waals surface area contributed by atoms with Crippen LogP contribution in [0.25, 0.3) is 22.3 Å². The third-order valence-electron chi connectivity index (χ3n) is 7.14. The quantitative estimate of drug-likeness (QED) is 0.194. The zero-order valence-corrected chi connectivity index (χ0v) is 23.0. The van der Waals surface area contributed by atoms with Crippen LogP contribution in [0.3, 0.4) is 0 Å². The molecule has 0 fully saturated rings. The van der Waals surface area contributed by atoms with Gasteiger partial charge in [-0.3, -0.25) is 0 Å². The smallest absolute Gasteiger partial charge is 0.118 e. The van der Waals surface area contributed by atoms with Crippen LogP contribution in [0.4, 0.5) is 0 Å². The first-order valence-electron chi connectivity index (χ1n) is 13.4. The molecule has 0 saturated heterocycles. The molecule has 5 aromatic rings. The molecule has 0 N–H and O–H groups in total. The van der Waals surface area contributed by atoms with Crippen LogP contribution in [0.2, 0.25) is 0 Å². The fourth-order valence-corrected chi connectivity index (χ4v) is 5.09. The lowest BCUT2D eigenvalue weighted by Crippen LogP contribution is -2.02. The predicted octanol–water partition coefficient (Wildman–Crippen LogP) is 9.50. The highest BCUT2D eigenvalue weighted by Crippen LogP contribution is 2.40. The van der Waals surface area contributed by atoms with Crippen molar-refractivity contribution in [3.63, 3.8) is 0 Å². The van der Waals surface area contributed by atoms with Gasteiger partial charge in [0.15, 0.2) is 0 Å². The lowest BCUT2D eigenvalue weighted by Gasteiger charge is -2.22. The molecule has 0 bridgehead atoms. The fourth-order valence-electron chi connectivity index (χ4n) is 5.09. The first kappa shape index (κ1) is 26.1. The molecule has 0 radical (unpaired) electrons. The van der Waals surface area contributed by atoms with Crippen LogP contribution >= 0.6 is 0 Å². The second-order valence-electron chi connectivity index (χ2n) is 9.89. The number of hydrogen-bond donors (Lipinski definition) is 0. The van der Waals surface area contributed by atoms with E-state index in [0.717, 1.165) is 28.2 Å². The van der Waals surface area contributed by atoms with E-state index in [1.165, 1.54) is 33.4 Å². The minimum Gasteiger partial charge on any atom is -0.497 e. The van der Waals surface area contributed by atoms with Gasteiger partial charge in [0.05, 0.1) is 14.2 Å². The van der Waals surface area contributed by atoms with Crippen LogP contribution in [0.5, 0.6) is 11.5 Å². The second kappa shape index (κ2) is 11.9. The van der Waals surface area contributed by atoms with E-state index in [-0.39, 0.29) is 0 Å². The van der Waals surface area contributed by atoms with Gasteiger partial charge in [0.1, 0.15) is 11.5 Å². The van der Waals surface area contributed by atoms with Gasteiger partial charge in [0.2, 0.25) is 0 Å². The first-order valence-corrected chi connectivity index (χ1v) is 13.4. The molecule has 0 unspecified atom stereocenters. The van der Waals surface area contributed by atoms with Gasteiger partial charge in [0, 0.05) is 0 Å². The summed E-state index contributed by atoms with van der Waals surface area (Å²) in [5.41, 5.74) is 10.8. The maximum Gasteiger partial charge on any atom is 0.118 e. The number of ether oxygens (including phenoxy) is 2. The summed E-state index contributed by atoms with van der Waals surface area (Å²) in [6.45, 7) is 4.51. The molecular weight excluding hydrogens is 476 g/mol. The molecule has 5 rings (SSSR count). The van der Waals surface area contributed by atoms with E-state index >= 15 is 0 Å². The van der Waals surface area contributed by atoms with Crippen molar-refractivity contribution in [3.05, 3.63) is 155 Å². The molecule has 0 aromatic heterocycles. The summed E-state index contributed by atoms with van der Waals surface area (Å²) in [7, 11) is 3.41. The van der Waals surface area contributed by atoms with Gasteiger partial charge >= 0.3 is 0 Å². The molecule has 0 aliphatic carbocycles. The molecule has 0 spiro atoms. The first-order chi connectivity index (χ1) is 19.1. The van der Waals surface area contributed by atoms with Crippen LogP contribution < -0.4 is 9.47 Å². The molecule has 2 nitrogen and oxygen atoms in total. The average Bonchev–Trinajstić information content (AvgIpc) is 3.00. The minimum atomic E-state index is 0.368. The van der Waals surface area contributed by atoms with Gasteiger partial charge in [-0.2, -0.15) is 0 Å². The molecule has 0 aliphatic heterocycles. The molecule has 39 heavy (non-hydrogen) atoms. The van der Waals surface area contributed by atoms with E-state index in [1.54, 1.807) is 14.2 Å². The maximum atomic E-state index is 5.50. The van der Waals surface area contributed by atoms with Gasteiger partial charge in [0.25, 0.3) is 0 Å². The molecule has 0 heterocycles. The van der Waals surface area contributed by atoms with Crippen molar-refractivity contribution in [3.8, 4) is 22.6 Å². The van der Waals surface area contributed by atoms with Crippen LogP contribution in [-0.2, 0) is 0 Å². The van der Waals surface area contributed by atoms with Crippen molar-refractivity contribution < 1.29 is 9.47 Å². The van der Waals surface area contributed by atoms with E-state index in [4.69, 9.17) is 9.47 Å². The molecule has 0 atom stereocenters. The molecule has 2 heteroatoms. The number of hydrogen-bond acceptors (Lipinski definition) is 2. The summed E-state index contributed by atoms with van der Waals surface area (Å²) in [6, 6.07) is 45.0. The van der Waals surface area contributed by atoms with Gasteiger partial charge in [-0.25, -0.2) is 0 Å². The molecule has 0 saturated carbocycles. The molecule has 194 valence electrons. The SMILES string of the molecule is COc1ccc(C(=C(c2ccc(OC)cc2)c2ccccc2C(C)C)c2ccc(-c3ccccc3)cc2)cc1. The zero-order valence-electron chi connectivity index (χ0n) is 23.0. The Morgan fingerprint density at radius 1 is 0.462 bits per heavy atom. The van der Waals surface area contributed by atoms with Crippen molar-refractivity contribution in [2.75, 3.05) is 14.2 Å². The van der Waals surface area contributed by atoms with Crippen molar-refractivity contribution in [1.29, 1.82) is 0 Å². The summed E-state index contributed by atoms with van der Waals surface area (Å²) in [4.78, 5) is 0. The minimum absolute atomic E-state index is 0.368. The van der Waals surface area contributed by atoms with Crippen molar-refractivity contribution in [2.45, 2.75) is 19.8 Å². The van der Waals surface area contributed by atoms with Crippen molar-refractivity contribution >= 4 is 11.1 Å². The fraction of sp³-hybridized carbons (Fsp3) is 0.135. The topological polar surface area (TPSA) is 18.5 Å². The van der Waals surface area contributed by atoms with Crippen LogP contribution in [0, 0.1) is 0 Å². The van der Waals surface area contributed by atoms with E-state index in [0.29, 0.717) is 5.92 Å². The standard InChI is InChI=1S/C37H34O2/c1-26(2)34-12-8-9-13-35(34)37(31-20-24-33(39-4)25-21-31)36(30-18-22-32(38-3)23-19-30)29-16-14-28(15-17-29)27-10-6-5-7-11-27/h5-26H,1-4H3. The highest BCUT2D eigenvalue weighted by molar-refractivity contribution is 6.05. The summed E-state index contributed by atoms with van der Waals surface area (Å²) in [5, 5.41) is 0. The Kier molecular flexibility index (Phi) is 7.94. The third-order valence-corrected chi connectivity index (χ3v) is 7.14. The van der Waals surface area contributed by atoms with Crippen molar-refractivity contribution in [2.24, 2.45) is 0 Å². The highest BCUT2D eigenvalue weighted by atomic mass is 16.5. The molecule has 0 aliphatic rings. The van der Waals surface area contributed by atoms with E-state index in [1.807, 2.05) is 24.3 Å². The number of methoxy groups -OCH3 is 2. The Hall–Kier alpha value is -4.56. The zero-order chi connectivity index (χ0) is 27.2. The Balaban J connectivity index is 1.81. The molecule has 5 aromatic carbocycles. The molecule has 0 amide bonds. The van der Waals surface area contributed by atoms with E-state index in [2.05, 4.69) is 117 Å². The Morgan fingerprint density at radius 2 is 0.897 bits per heavy atom. The van der Waals surface area contributed by atoms with Crippen LogP contribution in [0.15, 0.2) is 127 Å². The second-order valence-corrected chi connectivity index (χ2v) is 9.89. The lowest BCUT2D eigenvalue weighted by molar-refractivity contribution is 0.414. The highest BCUT2D eigenvalue weighted by Gasteiger charge is 2.20. The van der Waals surface area contributed by atoms with Crippen molar-refractivity contribution in [1.82, 2.24) is 0 Å². The van der Waals surface area contributed by atoms with Gasteiger partial charge in [-0.05, 0) is 80.3 Å². The summed E-state index contributed by atoms with van der Waals surface area (Å²) in [5.74, 6) is 2.05. The lowest BCUT2D eigenvalue weighted by atomic mass is 9.82. The number of rotatable bonds is 8. The third kappa shape index (κ3) is 5.66. The van der Waals surface area contributed by atoms with E-state index in [9.17, 15) is 0 Å². The van der Waals surface area contributed by atoms with E-state index < -0.39 is 0 Å². The predicted molar refractivity (Wildman–Crippen MR) is 163 cm³/mol. The maximum absolute atomic E-state index is 5.50. The summed E-state index contributed by atoms with van der Waals surface area (Å²) in [6.07, 6.45) is 0. The molecular formula is C37H34O2. The van der Waals surface area contributed by atoms with Crippen LogP contribution in [0.1, 0.15) is 47.6 Å².